The van der Waals surface area contributed by atoms with Crippen LogP contribution < -0.4 is 5.32 Å². The van der Waals surface area contributed by atoms with E-state index in [1.54, 1.807) is 6.26 Å². The molecule has 17 heavy (non-hydrogen) atoms. The lowest BCUT2D eigenvalue weighted by atomic mass is 10.0. The molecule has 1 aliphatic rings. The van der Waals surface area contributed by atoms with Gasteiger partial charge in [-0.1, -0.05) is 13.8 Å². The van der Waals surface area contributed by atoms with Crippen LogP contribution in [0.5, 0.6) is 0 Å². The summed E-state index contributed by atoms with van der Waals surface area (Å²) in [6, 6.07) is 2.19. The summed E-state index contributed by atoms with van der Waals surface area (Å²) in [4.78, 5) is 0. The van der Waals surface area contributed by atoms with Crippen molar-refractivity contribution in [2.45, 2.75) is 39.2 Å². The van der Waals surface area contributed by atoms with E-state index in [0.29, 0.717) is 0 Å². The van der Waals surface area contributed by atoms with Crippen LogP contribution in [0.2, 0.25) is 0 Å². The highest BCUT2D eigenvalue weighted by molar-refractivity contribution is 5.28. The molecule has 0 spiro atoms. The van der Waals surface area contributed by atoms with Gasteiger partial charge in [0, 0.05) is 12.0 Å². The molecule has 0 aliphatic carbocycles. The molecule has 3 heteroatoms. The lowest BCUT2D eigenvalue weighted by molar-refractivity contribution is 0.167. The molecule has 2 rings (SSSR count). The Morgan fingerprint density at radius 1 is 1.41 bits per heavy atom. The van der Waals surface area contributed by atoms with Crippen molar-refractivity contribution < 1.29 is 9.15 Å². The average molecular weight is 235 g/mol. The Labute approximate surface area is 103 Å². The Balaban J connectivity index is 2.24. The monoisotopic (exact) mass is 235 g/mol. The molecule has 0 saturated carbocycles. The Bertz CT molecular complexity index is 381. The van der Waals surface area contributed by atoms with Crippen molar-refractivity contribution in [2.75, 3.05) is 13.2 Å². The summed E-state index contributed by atoms with van der Waals surface area (Å²) in [5.74, 6) is 2.10. The summed E-state index contributed by atoms with van der Waals surface area (Å²) in [7, 11) is 0. The van der Waals surface area contributed by atoms with Gasteiger partial charge in [0.2, 0.25) is 0 Å². The second-order valence-corrected chi connectivity index (χ2v) is 4.24. The topological polar surface area (TPSA) is 34.4 Å². The number of furan rings is 1. The van der Waals surface area contributed by atoms with Crippen LogP contribution in [0.1, 0.15) is 44.1 Å². The molecule has 0 amide bonds. The molecule has 1 N–H and O–H groups in total. The second kappa shape index (κ2) is 5.92. The van der Waals surface area contributed by atoms with Crippen molar-refractivity contribution in [1.82, 2.24) is 5.32 Å². The third kappa shape index (κ3) is 2.72. The first-order valence-corrected chi connectivity index (χ1v) is 6.49. The summed E-state index contributed by atoms with van der Waals surface area (Å²) < 4.78 is 11.3. The molecular formula is C14H21NO2. The van der Waals surface area contributed by atoms with Crippen molar-refractivity contribution in [2.24, 2.45) is 0 Å². The molecule has 94 valence electrons. The van der Waals surface area contributed by atoms with Gasteiger partial charge < -0.3 is 14.5 Å². The molecule has 2 heterocycles. The van der Waals surface area contributed by atoms with Gasteiger partial charge in [0.05, 0.1) is 18.9 Å². The summed E-state index contributed by atoms with van der Waals surface area (Å²) >= 11 is 0. The van der Waals surface area contributed by atoms with Crippen LogP contribution in [0.15, 0.2) is 28.6 Å². The molecule has 1 aliphatic heterocycles. The maximum absolute atomic E-state index is 5.77. The quantitative estimate of drug-likeness (QED) is 0.851. The van der Waals surface area contributed by atoms with E-state index < -0.39 is 0 Å². The van der Waals surface area contributed by atoms with Crippen LogP contribution in [0.4, 0.5) is 0 Å². The Hall–Kier alpha value is -1.22. The first-order chi connectivity index (χ1) is 8.36. The number of rotatable bonds is 5. The predicted octanol–water partition coefficient (Wildman–Crippen LogP) is 3.19. The standard InChI is InChI=1S/C14H21NO2/c1-3-12-11(8-10-17-12)14(15-4-2)13-7-5-6-9-16-13/h7-8,10,14-15H,3-6,9H2,1-2H3. The zero-order chi connectivity index (χ0) is 12.1. The van der Waals surface area contributed by atoms with Gasteiger partial charge in [-0.25, -0.2) is 0 Å². The fourth-order valence-electron chi connectivity index (χ4n) is 2.24. The SMILES string of the molecule is CCNC(C1=CCCCO1)c1ccoc1CC. The summed E-state index contributed by atoms with van der Waals surface area (Å²) in [5, 5.41) is 3.48. The fraction of sp³-hybridized carbons (Fsp3) is 0.571. The van der Waals surface area contributed by atoms with E-state index in [9.17, 15) is 0 Å². The molecule has 1 aromatic heterocycles. The first kappa shape index (κ1) is 12.2. The number of hydrogen-bond donors (Lipinski definition) is 1. The number of nitrogens with one attached hydrogen (secondary N) is 1. The largest absolute Gasteiger partial charge is 0.496 e. The minimum atomic E-state index is 0.147. The van der Waals surface area contributed by atoms with Crippen LogP contribution >= 0.6 is 0 Å². The van der Waals surface area contributed by atoms with Gasteiger partial charge in [0.25, 0.3) is 0 Å². The van der Waals surface area contributed by atoms with Crippen LogP contribution in [0.3, 0.4) is 0 Å². The highest BCUT2D eigenvalue weighted by Crippen LogP contribution is 2.29. The van der Waals surface area contributed by atoms with E-state index in [-0.39, 0.29) is 6.04 Å². The molecule has 0 radical (unpaired) electrons. The van der Waals surface area contributed by atoms with E-state index in [0.717, 1.165) is 43.9 Å². The molecule has 3 nitrogen and oxygen atoms in total. The summed E-state index contributed by atoms with van der Waals surface area (Å²) in [5.41, 5.74) is 1.21. The number of aryl methyl sites for hydroxylation is 1. The van der Waals surface area contributed by atoms with Crippen molar-refractivity contribution in [1.29, 1.82) is 0 Å². The van der Waals surface area contributed by atoms with Gasteiger partial charge in [-0.3, -0.25) is 0 Å². The number of likely N-dealkylation sites (N-methyl/N-ethyl adjacent to an activating group) is 1. The maximum Gasteiger partial charge on any atom is 0.114 e. The Kier molecular flexibility index (Phi) is 4.26. The first-order valence-electron chi connectivity index (χ1n) is 6.49. The molecule has 0 fully saturated rings. The van der Waals surface area contributed by atoms with Crippen LogP contribution in [-0.4, -0.2) is 13.2 Å². The van der Waals surface area contributed by atoms with E-state index in [1.165, 1.54) is 5.56 Å². The highest BCUT2D eigenvalue weighted by atomic mass is 16.5. The second-order valence-electron chi connectivity index (χ2n) is 4.24. The van der Waals surface area contributed by atoms with Crippen molar-refractivity contribution in [3.63, 3.8) is 0 Å². The molecule has 1 atom stereocenters. The van der Waals surface area contributed by atoms with Crippen LogP contribution in [-0.2, 0) is 11.2 Å². The lowest BCUT2D eigenvalue weighted by Crippen LogP contribution is -2.25. The van der Waals surface area contributed by atoms with E-state index >= 15 is 0 Å². The molecule has 0 aromatic carbocycles. The van der Waals surface area contributed by atoms with Crippen LogP contribution in [0.25, 0.3) is 0 Å². The van der Waals surface area contributed by atoms with Crippen molar-refractivity contribution >= 4 is 0 Å². The zero-order valence-corrected chi connectivity index (χ0v) is 10.7. The molecule has 1 aromatic rings. The van der Waals surface area contributed by atoms with Crippen LogP contribution in [0, 0.1) is 0 Å². The molecule has 0 bridgehead atoms. The predicted molar refractivity (Wildman–Crippen MR) is 67.8 cm³/mol. The van der Waals surface area contributed by atoms with Gasteiger partial charge in [0.15, 0.2) is 0 Å². The summed E-state index contributed by atoms with van der Waals surface area (Å²) in [6.45, 7) is 5.97. The Morgan fingerprint density at radius 3 is 2.94 bits per heavy atom. The minimum Gasteiger partial charge on any atom is -0.496 e. The van der Waals surface area contributed by atoms with Gasteiger partial charge in [-0.2, -0.15) is 0 Å². The maximum atomic E-state index is 5.77. The van der Waals surface area contributed by atoms with E-state index in [4.69, 9.17) is 9.15 Å². The molecular weight excluding hydrogens is 214 g/mol. The number of allylic oxidation sites excluding steroid dienone is 1. The van der Waals surface area contributed by atoms with Crippen molar-refractivity contribution in [3.8, 4) is 0 Å². The lowest BCUT2D eigenvalue weighted by Gasteiger charge is -2.24. The number of hydrogen-bond acceptors (Lipinski definition) is 3. The fourth-order valence-corrected chi connectivity index (χ4v) is 2.24. The smallest absolute Gasteiger partial charge is 0.114 e. The van der Waals surface area contributed by atoms with Gasteiger partial charge in [-0.05, 0) is 31.5 Å². The Morgan fingerprint density at radius 2 is 2.29 bits per heavy atom. The third-order valence-electron chi connectivity index (χ3n) is 3.07. The highest BCUT2D eigenvalue weighted by Gasteiger charge is 2.22. The number of ether oxygens (including phenoxy) is 1. The molecule has 1 unspecified atom stereocenters. The zero-order valence-electron chi connectivity index (χ0n) is 10.7. The van der Waals surface area contributed by atoms with Gasteiger partial charge in [0.1, 0.15) is 11.5 Å². The normalized spacial score (nSPS) is 17.4. The summed E-state index contributed by atoms with van der Waals surface area (Å²) in [6.07, 6.45) is 7.10. The average Bonchev–Trinajstić information content (AvgIpc) is 2.85. The van der Waals surface area contributed by atoms with Gasteiger partial charge in [-0.15, -0.1) is 0 Å². The third-order valence-corrected chi connectivity index (χ3v) is 3.07. The molecule has 0 saturated heterocycles. The van der Waals surface area contributed by atoms with E-state index in [1.807, 2.05) is 6.07 Å². The minimum absolute atomic E-state index is 0.147. The van der Waals surface area contributed by atoms with Gasteiger partial charge >= 0.3 is 0 Å². The van der Waals surface area contributed by atoms with E-state index in [2.05, 4.69) is 25.2 Å². The van der Waals surface area contributed by atoms with Crippen molar-refractivity contribution in [3.05, 3.63) is 35.5 Å².